The van der Waals surface area contributed by atoms with Gasteiger partial charge in [-0.25, -0.2) is 13.1 Å². The van der Waals surface area contributed by atoms with Crippen LogP contribution in [0.5, 0.6) is 0 Å². The van der Waals surface area contributed by atoms with Crippen LogP contribution in [0.1, 0.15) is 5.56 Å². The van der Waals surface area contributed by atoms with Crippen LogP contribution in [0.2, 0.25) is 5.02 Å². The maximum Gasteiger partial charge on any atom is 0.243 e. The molecule has 0 fully saturated rings. The summed E-state index contributed by atoms with van der Waals surface area (Å²) in [6.45, 7) is 1.08. The van der Waals surface area contributed by atoms with Crippen molar-refractivity contribution in [3.05, 3.63) is 47.2 Å². The highest BCUT2D eigenvalue weighted by Gasteiger charge is 2.15. The van der Waals surface area contributed by atoms with Crippen LogP contribution in [-0.4, -0.2) is 24.7 Å². The highest BCUT2D eigenvalue weighted by molar-refractivity contribution is 7.89. The third-order valence-corrected chi connectivity index (χ3v) is 4.27. The van der Waals surface area contributed by atoms with Crippen LogP contribution in [0, 0.1) is 0 Å². The molecule has 0 aliphatic carbocycles. The lowest BCUT2D eigenvalue weighted by Crippen LogP contribution is -2.22. The van der Waals surface area contributed by atoms with Gasteiger partial charge in [-0.2, -0.15) is 5.10 Å². The first kappa shape index (κ1) is 15.0. The Labute approximate surface area is 122 Å². The molecular formula is C12H15ClN4O2S. The molecule has 2 rings (SSSR count). The number of halogens is 1. The van der Waals surface area contributed by atoms with E-state index in [4.69, 9.17) is 17.3 Å². The highest BCUT2D eigenvalue weighted by Crippen LogP contribution is 2.11. The third kappa shape index (κ3) is 3.80. The van der Waals surface area contributed by atoms with E-state index in [1.807, 2.05) is 0 Å². The lowest BCUT2D eigenvalue weighted by Gasteiger charge is -2.05. The molecule has 0 unspecified atom stereocenters. The molecule has 0 spiro atoms. The van der Waals surface area contributed by atoms with Crippen LogP contribution in [0.3, 0.4) is 0 Å². The van der Waals surface area contributed by atoms with E-state index < -0.39 is 10.0 Å². The fourth-order valence-corrected chi connectivity index (χ4v) is 2.70. The summed E-state index contributed by atoms with van der Waals surface area (Å²) >= 11 is 5.77. The van der Waals surface area contributed by atoms with Crippen molar-refractivity contribution < 1.29 is 8.42 Å². The van der Waals surface area contributed by atoms with Gasteiger partial charge in [-0.05, 0) is 17.7 Å². The number of hydrogen-bond donors (Lipinski definition) is 2. The minimum absolute atomic E-state index is 0.125. The topological polar surface area (TPSA) is 90.0 Å². The Morgan fingerprint density at radius 1 is 1.30 bits per heavy atom. The summed E-state index contributed by atoms with van der Waals surface area (Å²) < 4.78 is 28.1. The van der Waals surface area contributed by atoms with Gasteiger partial charge in [-0.1, -0.05) is 23.7 Å². The molecule has 0 amide bonds. The average Bonchev–Trinajstić information content (AvgIpc) is 2.88. The maximum absolute atomic E-state index is 12.1. The Balaban J connectivity index is 2.04. The number of sulfonamides is 1. The van der Waals surface area contributed by atoms with E-state index in [1.54, 1.807) is 24.3 Å². The smallest absolute Gasteiger partial charge is 0.243 e. The van der Waals surface area contributed by atoms with Crippen LogP contribution < -0.4 is 10.5 Å². The van der Waals surface area contributed by atoms with Crippen molar-refractivity contribution >= 4 is 21.6 Å². The standard InChI is InChI=1S/C12H15ClN4O2S/c13-11-3-1-10(2-4-11)7-16-20(18,19)12-8-15-17(9-12)6-5-14/h1-4,8-9,16H,5-7,14H2. The zero-order valence-electron chi connectivity index (χ0n) is 10.7. The predicted molar refractivity (Wildman–Crippen MR) is 76.8 cm³/mol. The average molecular weight is 315 g/mol. The molecule has 1 aromatic carbocycles. The molecule has 0 aliphatic rings. The molecule has 3 N–H and O–H groups in total. The fourth-order valence-electron chi connectivity index (χ4n) is 1.60. The summed E-state index contributed by atoms with van der Waals surface area (Å²) in [5.41, 5.74) is 6.22. The number of rotatable bonds is 6. The molecule has 6 nitrogen and oxygen atoms in total. The summed E-state index contributed by atoms with van der Waals surface area (Å²) in [7, 11) is -3.57. The number of nitrogens with one attached hydrogen (secondary N) is 1. The molecule has 0 saturated carbocycles. The lowest BCUT2D eigenvalue weighted by atomic mass is 10.2. The van der Waals surface area contributed by atoms with Gasteiger partial charge in [0.25, 0.3) is 0 Å². The monoisotopic (exact) mass is 314 g/mol. The SMILES string of the molecule is NCCn1cc(S(=O)(=O)NCc2ccc(Cl)cc2)cn1. The van der Waals surface area contributed by atoms with Gasteiger partial charge in [0.05, 0.1) is 12.7 Å². The zero-order valence-corrected chi connectivity index (χ0v) is 12.2. The largest absolute Gasteiger partial charge is 0.329 e. The molecule has 2 aromatic rings. The van der Waals surface area contributed by atoms with E-state index in [0.717, 1.165) is 5.56 Å². The zero-order chi connectivity index (χ0) is 14.6. The third-order valence-electron chi connectivity index (χ3n) is 2.66. The van der Waals surface area contributed by atoms with E-state index >= 15 is 0 Å². The van der Waals surface area contributed by atoms with Crippen LogP contribution in [-0.2, 0) is 23.1 Å². The Hall–Kier alpha value is -1.41. The molecule has 1 aromatic heterocycles. The van der Waals surface area contributed by atoms with Crippen molar-refractivity contribution in [2.45, 2.75) is 18.0 Å². The number of benzene rings is 1. The van der Waals surface area contributed by atoms with Crippen LogP contribution in [0.4, 0.5) is 0 Å². The summed E-state index contributed by atoms with van der Waals surface area (Å²) in [6, 6.07) is 6.96. The molecule has 0 aliphatic heterocycles. The molecule has 0 saturated heterocycles. The Morgan fingerprint density at radius 2 is 2.00 bits per heavy atom. The molecule has 108 valence electrons. The van der Waals surface area contributed by atoms with Gasteiger partial charge in [0.15, 0.2) is 0 Å². The second-order valence-electron chi connectivity index (χ2n) is 4.18. The first-order valence-corrected chi connectivity index (χ1v) is 7.84. The van der Waals surface area contributed by atoms with Crippen molar-refractivity contribution in [1.29, 1.82) is 0 Å². The van der Waals surface area contributed by atoms with Crippen molar-refractivity contribution in [2.24, 2.45) is 5.73 Å². The number of nitrogens with two attached hydrogens (primary N) is 1. The Kier molecular flexibility index (Phi) is 4.77. The van der Waals surface area contributed by atoms with Crippen LogP contribution >= 0.6 is 11.6 Å². The van der Waals surface area contributed by atoms with Gasteiger partial charge in [-0.3, -0.25) is 4.68 Å². The Bertz CT molecular complexity index is 667. The minimum Gasteiger partial charge on any atom is -0.329 e. The van der Waals surface area contributed by atoms with Gasteiger partial charge in [0.1, 0.15) is 4.90 Å². The molecule has 1 heterocycles. The van der Waals surface area contributed by atoms with Gasteiger partial charge >= 0.3 is 0 Å². The molecular weight excluding hydrogens is 300 g/mol. The van der Waals surface area contributed by atoms with Gasteiger partial charge in [0, 0.05) is 24.3 Å². The van der Waals surface area contributed by atoms with Crippen LogP contribution in [0.25, 0.3) is 0 Å². The summed E-state index contributed by atoms with van der Waals surface area (Å²) in [4.78, 5) is 0.125. The molecule has 20 heavy (non-hydrogen) atoms. The number of aromatic nitrogens is 2. The van der Waals surface area contributed by atoms with Gasteiger partial charge in [-0.15, -0.1) is 0 Å². The fraction of sp³-hybridized carbons (Fsp3) is 0.250. The van der Waals surface area contributed by atoms with Crippen molar-refractivity contribution in [1.82, 2.24) is 14.5 Å². The Morgan fingerprint density at radius 3 is 2.65 bits per heavy atom. The van der Waals surface area contributed by atoms with E-state index in [1.165, 1.54) is 17.1 Å². The van der Waals surface area contributed by atoms with Crippen molar-refractivity contribution in [3.63, 3.8) is 0 Å². The number of nitrogens with zero attached hydrogens (tertiary/aromatic N) is 2. The van der Waals surface area contributed by atoms with Gasteiger partial charge < -0.3 is 5.73 Å². The predicted octanol–water partition coefficient (Wildman–Crippen LogP) is 0.974. The summed E-state index contributed by atoms with van der Waals surface area (Å²) in [5, 5.41) is 4.55. The summed E-state index contributed by atoms with van der Waals surface area (Å²) in [5.74, 6) is 0. The van der Waals surface area contributed by atoms with E-state index in [9.17, 15) is 8.42 Å². The number of hydrogen-bond acceptors (Lipinski definition) is 4. The van der Waals surface area contributed by atoms with E-state index in [0.29, 0.717) is 18.1 Å². The normalized spacial score (nSPS) is 11.7. The summed E-state index contributed by atoms with van der Waals surface area (Å²) in [6.07, 6.45) is 2.76. The van der Waals surface area contributed by atoms with Crippen LogP contribution in [0.15, 0.2) is 41.6 Å². The molecule has 8 heteroatoms. The van der Waals surface area contributed by atoms with E-state index in [-0.39, 0.29) is 11.4 Å². The van der Waals surface area contributed by atoms with E-state index in [2.05, 4.69) is 9.82 Å². The van der Waals surface area contributed by atoms with Crippen molar-refractivity contribution in [3.8, 4) is 0 Å². The highest BCUT2D eigenvalue weighted by atomic mass is 35.5. The maximum atomic E-state index is 12.1. The first-order valence-electron chi connectivity index (χ1n) is 5.98. The lowest BCUT2D eigenvalue weighted by molar-refractivity contribution is 0.580. The molecule has 0 bridgehead atoms. The molecule has 0 radical (unpaired) electrons. The molecule has 0 atom stereocenters. The second-order valence-corrected chi connectivity index (χ2v) is 6.38. The minimum atomic E-state index is -3.57. The quantitative estimate of drug-likeness (QED) is 0.831. The van der Waals surface area contributed by atoms with Crippen molar-refractivity contribution in [2.75, 3.05) is 6.54 Å². The first-order chi connectivity index (χ1) is 9.51. The second kappa shape index (κ2) is 6.36. The van der Waals surface area contributed by atoms with Gasteiger partial charge in [0.2, 0.25) is 10.0 Å².